The van der Waals surface area contributed by atoms with E-state index in [2.05, 4.69) is 4.90 Å². The molecule has 2 atom stereocenters. The number of nitro benzene ring substituents is 1. The number of benzene rings is 2. The Hall–Kier alpha value is -3.20. The van der Waals surface area contributed by atoms with E-state index in [1.54, 1.807) is 17.0 Å². The van der Waals surface area contributed by atoms with Crippen LogP contribution in [0.3, 0.4) is 0 Å². The summed E-state index contributed by atoms with van der Waals surface area (Å²) < 4.78 is 18.6. The Labute approximate surface area is 174 Å². The van der Waals surface area contributed by atoms with Gasteiger partial charge < -0.3 is 15.4 Å². The summed E-state index contributed by atoms with van der Waals surface area (Å²) in [6, 6.07) is 10.5. The van der Waals surface area contributed by atoms with Crippen molar-refractivity contribution in [2.75, 3.05) is 25.4 Å². The molecule has 8 nitrogen and oxygen atoms in total. The van der Waals surface area contributed by atoms with Gasteiger partial charge in [0.2, 0.25) is 0 Å². The SMILES string of the molecule is C[C@@H]1CN(Cc2ccc(F)cc2)[C@@H](C)CN1C(=O)COc1ccc(N)cc1[N+](=O)[O-]. The molecule has 2 aromatic rings. The molecule has 1 aliphatic heterocycles. The number of halogens is 1. The predicted octanol–water partition coefficient (Wildman–Crippen LogP) is 2.82. The molecule has 0 unspecified atom stereocenters. The van der Waals surface area contributed by atoms with Crippen LogP contribution in [-0.2, 0) is 11.3 Å². The van der Waals surface area contributed by atoms with E-state index in [0.29, 0.717) is 19.6 Å². The van der Waals surface area contributed by atoms with Gasteiger partial charge in [-0.1, -0.05) is 12.1 Å². The topological polar surface area (TPSA) is 102 Å². The highest BCUT2D eigenvalue weighted by Crippen LogP contribution is 2.29. The fourth-order valence-corrected chi connectivity index (χ4v) is 3.61. The van der Waals surface area contributed by atoms with Crippen LogP contribution in [0.5, 0.6) is 5.75 Å². The summed E-state index contributed by atoms with van der Waals surface area (Å²) in [6.45, 7) is 5.52. The normalized spacial score (nSPS) is 19.5. The number of anilines is 1. The number of amides is 1. The van der Waals surface area contributed by atoms with Crippen LogP contribution in [0.25, 0.3) is 0 Å². The average Bonchev–Trinajstić information content (AvgIpc) is 2.70. The van der Waals surface area contributed by atoms with E-state index < -0.39 is 4.92 Å². The van der Waals surface area contributed by atoms with Gasteiger partial charge in [0.25, 0.3) is 5.91 Å². The van der Waals surface area contributed by atoms with E-state index in [4.69, 9.17) is 10.5 Å². The number of ether oxygens (including phenoxy) is 1. The lowest BCUT2D eigenvalue weighted by molar-refractivity contribution is -0.385. The van der Waals surface area contributed by atoms with Crippen molar-refractivity contribution in [3.05, 3.63) is 64.0 Å². The van der Waals surface area contributed by atoms with Crippen molar-refractivity contribution in [2.45, 2.75) is 32.5 Å². The molecule has 1 amide bonds. The third kappa shape index (κ3) is 5.04. The van der Waals surface area contributed by atoms with Crippen LogP contribution in [0, 0.1) is 15.9 Å². The van der Waals surface area contributed by atoms with Crippen molar-refractivity contribution >= 4 is 17.3 Å². The Bertz CT molecular complexity index is 922. The van der Waals surface area contributed by atoms with Crippen molar-refractivity contribution in [1.29, 1.82) is 0 Å². The number of piperazine rings is 1. The molecule has 0 bridgehead atoms. The fraction of sp³-hybridized carbons (Fsp3) is 0.381. The van der Waals surface area contributed by atoms with E-state index in [1.807, 2.05) is 13.8 Å². The molecule has 1 fully saturated rings. The molecule has 0 saturated carbocycles. The van der Waals surface area contributed by atoms with Gasteiger partial charge in [0.15, 0.2) is 12.4 Å². The molecule has 0 aromatic heterocycles. The third-order valence-corrected chi connectivity index (χ3v) is 5.27. The van der Waals surface area contributed by atoms with Gasteiger partial charge in [0.1, 0.15) is 5.82 Å². The molecule has 9 heteroatoms. The number of nitrogen functional groups attached to an aromatic ring is 1. The Kier molecular flexibility index (Phi) is 6.51. The summed E-state index contributed by atoms with van der Waals surface area (Å²) in [6.07, 6.45) is 0. The first-order valence-electron chi connectivity index (χ1n) is 9.69. The smallest absolute Gasteiger partial charge is 0.312 e. The molecule has 0 radical (unpaired) electrons. The largest absolute Gasteiger partial charge is 0.477 e. The Morgan fingerprint density at radius 2 is 1.90 bits per heavy atom. The molecule has 30 heavy (non-hydrogen) atoms. The lowest BCUT2D eigenvalue weighted by Crippen LogP contribution is -2.58. The van der Waals surface area contributed by atoms with Gasteiger partial charge in [-0.3, -0.25) is 19.8 Å². The molecule has 1 aliphatic rings. The van der Waals surface area contributed by atoms with E-state index in [9.17, 15) is 19.3 Å². The van der Waals surface area contributed by atoms with Crippen molar-refractivity contribution in [2.24, 2.45) is 0 Å². The number of nitrogens with two attached hydrogens (primary N) is 1. The summed E-state index contributed by atoms with van der Waals surface area (Å²) in [7, 11) is 0. The van der Waals surface area contributed by atoms with Gasteiger partial charge in [-0.25, -0.2) is 4.39 Å². The molecule has 1 saturated heterocycles. The molecule has 2 aromatic carbocycles. The Morgan fingerprint density at radius 3 is 2.57 bits per heavy atom. The zero-order valence-corrected chi connectivity index (χ0v) is 17.0. The summed E-state index contributed by atoms with van der Waals surface area (Å²) in [5.74, 6) is -0.489. The van der Waals surface area contributed by atoms with Crippen LogP contribution >= 0.6 is 0 Å². The quantitative estimate of drug-likeness (QED) is 0.441. The number of hydrogen-bond donors (Lipinski definition) is 1. The molecule has 0 spiro atoms. The number of carbonyl (C=O) groups is 1. The van der Waals surface area contributed by atoms with Gasteiger partial charge in [0.05, 0.1) is 4.92 Å². The van der Waals surface area contributed by atoms with Crippen LogP contribution in [0.15, 0.2) is 42.5 Å². The highest BCUT2D eigenvalue weighted by molar-refractivity contribution is 5.78. The minimum absolute atomic E-state index is 0.0122. The molecule has 3 rings (SSSR count). The van der Waals surface area contributed by atoms with Gasteiger partial charge in [-0.2, -0.15) is 0 Å². The number of rotatable bonds is 6. The van der Waals surface area contributed by atoms with E-state index >= 15 is 0 Å². The Morgan fingerprint density at radius 1 is 1.20 bits per heavy atom. The van der Waals surface area contributed by atoms with Gasteiger partial charge in [-0.15, -0.1) is 0 Å². The predicted molar refractivity (Wildman–Crippen MR) is 110 cm³/mol. The molecular weight excluding hydrogens is 391 g/mol. The lowest BCUT2D eigenvalue weighted by Gasteiger charge is -2.44. The van der Waals surface area contributed by atoms with Crippen LogP contribution in [0.4, 0.5) is 15.8 Å². The number of nitrogens with zero attached hydrogens (tertiary/aromatic N) is 3. The Balaban J connectivity index is 1.60. The minimum Gasteiger partial charge on any atom is -0.477 e. The van der Waals surface area contributed by atoms with Crippen LogP contribution in [-0.4, -0.2) is 52.4 Å². The van der Waals surface area contributed by atoms with Crippen LogP contribution in [0.1, 0.15) is 19.4 Å². The zero-order valence-electron chi connectivity index (χ0n) is 17.0. The van der Waals surface area contributed by atoms with Gasteiger partial charge in [0, 0.05) is 43.5 Å². The maximum atomic E-state index is 13.1. The number of hydrogen-bond acceptors (Lipinski definition) is 6. The molecule has 0 aliphatic carbocycles. The lowest BCUT2D eigenvalue weighted by atomic mass is 10.1. The summed E-state index contributed by atoms with van der Waals surface area (Å²) in [4.78, 5) is 27.3. The second-order valence-electron chi connectivity index (χ2n) is 7.57. The monoisotopic (exact) mass is 416 g/mol. The first kappa shape index (κ1) is 21.5. The van der Waals surface area contributed by atoms with Gasteiger partial charge >= 0.3 is 5.69 Å². The number of carbonyl (C=O) groups excluding carboxylic acids is 1. The number of nitro groups is 1. The highest BCUT2D eigenvalue weighted by atomic mass is 19.1. The summed E-state index contributed by atoms with van der Waals surface area (Å²) >= 11 is 0. The highest BCUT2D eigenvalue weighted by Gasteiger charge is 2.32. The van der Waals surface area contributed by atoms with E-state index in [-0.39, 0.29) is 47.5 Å². The first-order valence-corrected chi connectivity index (χ1v) is 9.69. The zero-order chi connectivity index (χ0) is 21.8. The third-order valence-electron chi connectivity index (χ3n) is 5.27. The summed E-state index contributed by atoms with van der Waals surface area (Å²) in [5, 5.41) is 11.2. The average molecular weight is 416 g/mol. The van der Waals surface area contributed by atoms with Crippen molar-refractivity contribution in [3.8, 4) is 5.75 Å². The maximum Gasteiger partial charge on any atom is 0.312 e. The summed E-state index contributed by atoms with van der Waals surface area (Å²) in [5.41, 5.74) is 6.58. The van der Waals surface area contributed by atoms with Crippen LogP contribution in [0.2, 0.25) is 0 Å². The fourth-order valence-electron chi connectivity index (χ4n) is 3.61. The maximum absolute atomic E-state index is 13.1. The van der Waals surface area contributed by atoms with Crippen molar-refractivity contribution in [1.82, 2.24) is 9.80 Å². The standard InChI is InChI=1S/C21H25FN4O4/c1-14-11-25(15(2)10-24(14)12-16-3-5-17(22)6-4-16)21(27)13-30-20-8-7-18(23)9-19(20)26(28)29/h3-9,14-15H,10-13,23H2,1-2H3/t14-,15+/m0/s1. The molecule has 1 heterocycles. The van der Waals surface area contributed by atoms with Crippen molar-refractivity contribution < 1.29 is 18.8 Å². The van der Waals surface area contributed by atoms with Crippen LogP contribution < -0.4 is 10.5 Å². The molecule has 2 N–H and O–H groups in total. The molecule has 160 valence electrons. The van der Waals surface area contributed by atoms with E-state index in [0.717, 1.165) is 5.56 Å². The first-order chi connectivity index (χ1) is 14.2. The van der Waals surface area contributed by atoms with Crippen molar-refractivity contribution in [3.63, 3.8) is 0 Å². The van der Waals surface area contributed by atoms with E-state index in [1.165, 1.54) is 30.3 Å². The van der Waals surface area contributed by atoms with Gasteiger partial charge in [-0.05, 0) is 43.7 Å². The second kappa shape index (κ2) is 9.08. The molecular formula is C21H25FN4O4. The second-order valence-corrected chi connectivity index (χ2v) is 7.57. The minimum atomic E-state index is -0.588.